The SMILES string of the molecule is O=P(O)(O)OP(=O)(O)OP(=O)(Oc1ccccc1)Oc1ccccc1.[Nd]. The van der Waals surface area contributed by atoms with Gasteiger partial charge >= 0.3 is 23.5 Å². The van der Waals surface area contributed by atoms with Crippen molar-refractivity contribution in [1.29, 1.82) is 0 Å². The molecule has 0 amide bonds. The zero-order valence-corrected chi connectivity index (χ0v) is 18.7. The minimum Gasteiger partial charge on any atom is -0.395 e. The van der Waals surface area contributed by atoms with Crippen molar-refractivity contribution < 1.29 is 86.9 Å². The Labute approximate surface area is 181 Å². The molecule has 3 N–H and O–H groups in total. The predicted octanol–water partition coefficient (Wildman–Crippen LogP) is 3.48. The first kappa shape index (κ1) is 23.9. The number of hydrogen-bond acceptors (Lipinski definition) is 7. The Morgan fingerprint density at radius 3 is 1.38 bits per heavy atom. The molecule has 1 atom stereocenters. The molecule has 2 aromatic carbocycles. The Balaban J connectivity index is 0.00000338. The first-order chi connectivity index (χ1) is 11.6. The van der Waals surface area contributed by atoms with Crippen LogP contribution in [0.2, 0.25) is 0 Å². The molecule has 0 aliphatic carbocycles. The standard InChI is InChI=1S/C12H13O10P3.Nd/c13-23(14,15)21-24(16,17)22-25(18,19-11-7-3-1-4-8-11)20-12-9-5-2-6-10-12;/h1-10H,(H,16,17)(H2,13,14,15);. The van der Waals surface area contributed by atoms with Crippen molar-refractivity contribution in [3.63, 3.8) is 0 Å². The fraction of sp³-hybridized carbons (Fsp3) is 0. The molecule has 0 aromatic heterocycles. The Bertz CT molecular complexity index is 795. The van der Waals surface area contributed by atoms with Gasteiger partial charge in [0.05, 0.1) is 0 Å². The van der Waals surface area contributed by atoms with E-state index in [1.807, 2.05) is 0 Å². The molecular weight excluding hydrogens is 541 g/mol. The molecule has 0 radical (unpaired) electrons. The second-order valence-electron chi connectivity index (χ2n) is 4.38. The maximum absolute atomic E-state index is 12.7. The average molecular weight is 554 g/mol. The molecule has 2 rings (SSSR count). The van der Waals surface area contributed by atoms with Crippen molar-refractivity contribution in [3.05, 3.63) is 60.7 Å². The molecule has 26 heavy (non-hydrogen) atoms. The van der Waals surface area contributed by atoms with Crippen LogP contribution in [0.15, 0.2) is 60.7 Å². The number of para-hydroxylation sites is 2. The van der Waals surface area contributed by atoms with Crippen molar-refractivity contribution in [3.8, 4) is 11.5 Å². The average Bonchev–Trinajstić information content (AvgIpc) is 2.45. The molecule has 14 heteroatoms. The molecular formula is C12H13NdO10P3. The molecule has 0 saturated carbocycles. The van der Waals surface area contributed by atoms with Crippen LogP contribution in [0, 0.1) is 40.8 Å². The molecule has 0 saturated heterocycles. The van der Waals surface area contributed by atoms with E-state index in [1.165, 1.54) is 48.5 Å². The molecule has 140 valence electrons. The molecule has 1 unspecified atom stereocenters. The normalized spacial score (nSPS) is 14.0. The van der Waals surface area contributed by atoms with Gasteiger partial charge in [-0.25, -0.2) is 13.7 Å². The molecule has 0 aliphatic rings. The number of phosphoric acid groups is 3. The van der Waals surface area contributed by atoms with E-state index >= 15 is 0 Å². The summed E-state index contributed by atoms with van der Waals surface area (Å²) >= 11 is 0. The smallest absolute Gasteiger partial charge is 0.395 e. The van der Waals surface area contributed by atoms with E-state index < -0.39 is 23.5 Å². The zero-order valence-electron chi connectivity index (χ0n) is 12.8. The Kier molecular flexibility index (Phi) is 9.10. The largest absolute Gasteiger partial charge is 0.596 e. The summed E-state index contributed by atoms with van der Waals surface area (Å²) in [5, 5.41) is 0. The summed E-state index contributed by atoms with van der Waals surface area (Å²) in [7, 11) is -15.7. The fourth-order valence-corrected chi connectivity index (χ4v) is 5.09. The maximum Gasteiger partial charge on any atom is 0.596 e. The van der Waals surface area contributed by atoms with E-state index in [1.54, 1.807) is 12.1 Å². The van der Waals surface area contributed by atoms with Crippen molar-refractivity contribution in [1.82, 2.24) is 0 Å². The van der Waals surface area contributed by atoms with Gasteiger partial charge in [0, 0.05) is 40.8 Å². The van der Waals surface area contributed by atoms with Gasteiger partial charge < -0.3 is 23.7 Å². The van der Waals surface area contributed by atoms with Crippen LogP contribution in [0.5, 0.6) is 11.5 Å². The maximum atomic E-state index is 12.7. The van der Waals surface area contributed by atoms with E-state index in [2.05, 4.69) is 8.62 Å². The number of rotatable bonds is 8. The van der Waals surface area contributed by atoms with Gasteiger partial charge in [-0.2, -0.15) is 8.62 Å². The molecule has 0 bridgehead atoms. The van der Waals surface area contributed by atoms with Crippen molar-refractivity contribution in [2.24, 2.45) is 0 Å². The quantitative estimate of drug-likeness (QED) is 0.414. The van der Waals surface area contributed by atoms with Gasteiger partial charge in [0.2, 0.25) is 0 Å². The number of benzene rings is 2. The van der Waals surface area contributed by atoms with Crippen LogP contribution in [-0.4, -0.2) is 14.7 Å². The molecule has 10 nitrogen and oxygen atoms in total. The third-order valence-corrected chi connectivity index (χ3v) is 6.50. The van der Waals surface area contributed by atoms with Crippen LogP contribution >= 0.6 is 23.5 Å². The molecule has 2 aromatic rings. The van der Waals surface area contributed by atoms with Crippen LogP contribution < -0.4 is 9.05 Å². The van der Waals surface area contributed by atoms with Crippen LogP contribution in [0.25, 0.3) is 0 Å². The first-order valence-corrected chi connectivity index (χ1v) is 11.0. The van der Waals surface area contributed by atoms with Gasteiger partial charge in [-0.15, -0.1) is 0 Å². The van der Waals surface area contributed by atoms with Gasteiger partial charge in [0.15, 0.2) is 0 Å². The number of hydrogen-bond donors (Lipinski definition) is 3. The van der Waals surface area contributed by atoms with Gasteiger partial charge in [0.25, 0.3) is 0 Å². The summed E-state index contributed by atoms with van der Waals surface area (Å²) in [4.78, 5) is 26.7. The topological polar surface area (TPSA) is 149 Å². The summed E-state index contributed by atoms with van der Waals surface area (Å²) in [6.45, 7) is 0. The monoisotopic (exact) mass is 552 g/mol. The predicted molar refractivity (Wildman–Crippen MR) is 85.8 cm³/mol. The van der Waals surface area contributed by atoms with Crippen molar-refractivity contribution >= 4 is 23.5 Å². The summed E-state index contributed by atoms with van der Waals surface area (Å²) in [5.74, 6) is -0.0871. The van der Waals surface area contributed by atoms with Gasteiger partial charge in [0.1, 0.15) is 11.5 Å². The number of phosphoric ester groups is 1. The van der Waals surface area contributed by atoms with Gasteiger partial charge in [-0.05, 0) is 24.3 Å². The Morgan fingerprint density at radius 1 is 0.654 bits per heavy atom. The van der Waals surface area contributed by atoms with Crippen molar-refractivity contribution in [2.45, 2.75) is 0 Å². The summed E-state index contributed by atoms with van der Waals surface area (Å²) in [6, 6.07) is 14.8. The summed E-state index contributed by atoms with van der Waals surface area (Å²) < 4.78 is 53.1. The van der Waals surface area contributed by atoms with Gasteiger partial charge in [-0.1, -0.05) is 36.4 Å². The second-order valence-corrected chi connectivity index (χ2v) is 8.86. The first-order valence-electron chi connectivity index (χ1n) is 6.47. The van der Waals surface area contributed by atoms with Crippen LogP contribution in [0.4, 0.5) is 0 Å². The zero-order chi connectivity index (χ0) is 18.6. The van der Waals surface area contributed by atoms with E-state index in [9.17, 15) is 18.6 Å². The van der Waals surface area contributed by atoms with E-state index in [4.69, 9.17) is 18.8 Å². The van der Waals surface area contributed by atoms with E-state index in [0.29, 0.717) is 0 Å². The molecule has 0 spiro atoms. The fourth-order valence-electron chi connectivity index (χ4n) is 1.55. The minimum absolute atomic E-state index is 0. The van der Waals surface area contributed by atoms with E-state index in [0.717, 1.165) is 0 Å². The third-order valence-electron chi connectivity index (χ3n) is 2.33. The van der Waals surface area contributed by atoms with E-state index in [-0.39, 0.29) is 52.3 Å². The van der Waals surface area contributed by atoms with Gasteiger partial charge in [-0.3, -0.25) is 0 Å². The Hall–Kier alpha value is -0.119. The molecule has 0 aliphatic heterocycles. The van der Waals surface area contributed by atoms with Crippen molar-refractivity contribution in [2.75, 3.05) is 0 Å². The van der Waals surface area contributed by atoms with Crippen LogP contribution in [0.3, 0.4) is 0 Å². The molecule has 0 fully saturated rings. The van der Waals surface area contributed by atoms with Crippen LogP contribution in [0.1, 0.15) is 0 Å². The minimum atomic E-state index is -5.49. The third kappa shape index (κ3) is 8.71. The summed E-state index contributed by atoms with van der Waals surface area (Å²) in [6.07, 6.45) is 0. The molecule has 0 heterocycles. The second kappa shape index (κ2) is 9.89. The van der Waals surface area contributed by atoms with Crippen LogP contribution in [-0.2, 0) is 22.3 Å². The summed E-state index contributed by atoms with van der Waals surface area (Å²) in [5.41, 5.74) is 0. The Morgan fingerprint density at radius 2 is 1.04 bits per heavy atom.